The number of benzene rings is 1. The second-order valence-corrected chi connectivity index (χ2v) is 5.95. The van der Waals surface area contributed by atoms with Crippen LogP contribution >= 0.6 is 12.4 Å². The molecule has 1 saturated heterocycles. The minimum Gasteiger partial charge on any atom is -0.508 e. The van der Waals surface area contributed by atoms with Crippen LogP contribution in [0.3, 0.4) is 0 Å². The van der Waals surface area contributed by atoms with E-state index in [1.165, 1.54) is 44.5 Å². The summed E-state index contributed by atoms with van der Waals surface area (Å²) in [7, 11) is 0. The number of hydrogen-bond donors (Lipinski definition) is 1. The first kappa shape index (κ1) is 17.3. The van der Waals surface area contributed by atoms with E-state index in [1.54, 1.807) is 6.07 Å². The maximum absolute atomic E-state index is 9.65. The summed E-state index contributed by atoms with van der Waals surface area (Å²) >= 11 is 0. The monoisotopic (exact) mass is 297 g/mol. The fourth-order valence-electron chi connectivity index (χ4n) is 3.40. The molecule has 2 rings (SSSR count). The molecule has 0 saturated carbocycles. The van der Waals surface area contributed by atoms with E-state index in [9.17, 15) is 5.11 Å². The summed E-state index contributed by atoms with van der Waals surface area (Å²) in [6.07, 6.45) is 5.25. The Labute approximate surface area is 129 Å². The van der Waals surface area contributed by atoms with E-state index in [0.717, 1.165) is 6.42 Å². The van der Waals surface area contributed by atoms with Gasteiger partial charge in [-0.1, -0.05) is 32.4 Å². The fourth-order valence-corrected chi connectivity index (χ4v) is 3.40. The van der Waals surface area contributed by atoms with Crippen molar-refractivity contribution in [3.8, 4) is 5.75 Å². The predicted molar refractivity (Wildman–Crippen MR) is 87.8 cm³/mol. The van der Waals surface area contributed by atoms with E-state index in [4.69, 9.17) is 0 Å². The molecule has 2 nitrogen and oxygen atoms in total. The van der Waals surface area contributed by atoms with Crippen molar-refractivity contribution in [1.82, 2.24) is 4.90 Å². The zero-order valence-corrected chi connectivity index (χ0v) is 13.5. The maximum atomic E-state index is 9.65. The Balaban J connectivity index is 0.00000200. The minimum atomic E-state index is 0. The van der Waals surface area contributed by atoms with Gasteiger partial charge in [0.15, 0.2) is 0 Å². The minimum absolute atomic E-state index is 0. The highest BCUT2D eigenvalue weighted by molar-refractivity contribution is 5.85. The molecule has 1 aromatic rings. The molecular weight excluding hydrogens is 270 g/mol. The van der Waals surface area contributed by atoms with Crippen molar-refractivity contribution < 1.29 is 5.11 Å². The van der Waals surface area contributed by atoms with Gasteiger partial charge in [0.05, 0.1) is 0 Å². The largest absolute Gasteiger partial charge is 0.508 e. The lowest BCUT2D eigenvalue weighted by atomic mass is 9.84. The maximum Gasteiger partial charge on any atom is 0.115 e. The van der Waals surface area contributed by atoms with Crippen molar-refractivity contribution in [3.63, 3.8) is 0 Å². The molecule has 1 N–H and O–H groups in total. The SMILES string of the molecule is CC[C@@H](c1cccc(O)c1)[C@@H](C)CN1CCCCC1.Cl. The molecule has 0 radical (unpaired) electrons. The van der Waals surface area contributed by atoms with E-state index in [-0.39, 0.29) is 12.4 Å². The quantitative estimate of drug-likeness (QED) is 0.869. The Morgan fingerprint density at radius 1 is 1.20 bits per heavy atom. The third-order valence-electron chi connectivity index (χ3n) is 4.42. The molecule has 1 aliphatic heterocycles. The van der Waals surface area contributed by atoms with Gasteiger partial charge in [-0.25, -0.2) is 0 Å². The number of hydrogen-bond acceptors (Lipinski definition) is 2. The average Bonchev–Trinajstić information content (AvgIpc) is 2.41. The Morgan fingerprint density at radius 3 is 2.50 bits per heavy atom. The molecule has 0 aliphatic carbocycles. The van der Waals surface area contributed by atoms with Crippen molar-refractivity contribution in [1.29, 1.82) is 0 Å². The second kappa shape index (κ2) is 8.53. The van der Waals surface area contributed by atoms with Crippen molar-refractivity contribution in [2.75, 3.05) is 19.6 Å². The summed E-state index contributed by atoms with van der Waals surface area (Å²) in [4.78, 5) is 2.61. The van der Waals surface area contributed by atoms with Crippen LogP contribution in [0.2, 0.25) is 0 Å². The molecule has 3 heteroatoms. The van der Waals surface area contributed by atoms with Gasteiger partial charge >= 0.3 is 0 Å². The normalized spacial score (nSPS) is 19.1. The van der Waals surface area contributed by atoms with Gasteiger partial charge in [-0.2, -0.15) is 0 Å². The summed E-state index contributed by atoms with van der Waals surface area (Å²) in [5.74, 6) is 1.58. The van der Waals surface area contributed by atoms with Gasteiger partial charge in [0.2, 0.25) is 0 Å². The summed E-state index contributed by atoms with van der Waals surface area (Å²) in [5, 5.41) is 9.65. The first-order valence-electron chi connectivity index (χ1n) is 7.72. The number of nitrogens with zero attached hydrogens (tertiary/aromatic N) is 1. The lowest BCUT2D eigenvalue weighted by Crippen LogP contribution is -2.35. The highest BCUT2D eigenvalue weighted by Gasteiger charge is 2.21. The molecule has 20 heavy (non-hydrogen) atoms. The van der Waals surface area contributed by atoms with Gasteiger partial charge in [-0.3, -0.25) is 0 Å². The molecule has 0 aromatic heterocycles. The Morgan fingerprint density at radius 2 is 1.90 bits per heavy atom. The van der Waals surface area contributed by atoms with Crippen LogP contribution in [0.5, 0.6) is 5.75 Å². The third kappa shape index (κ3) is 4.68. The molecule has 0 amide bonds. The van der Waals surface area contributed by atoms with Crippen molar-refractivity contribution in [2.45, 2.75) is 45.4 Å². The average molecular weight is 298 g/mol. The lowest BCUT2D eigenvalue weighted by molar-refractivity contribution is 0.188. The molecule has 1 aromatic carbocycles. The zero-order valence-electron chi connectivity index (χ0n) is 12.7. The second-order valence-electron chi connectivity index (χ2n) is 5.95. The van der Waals surface area contributed by atoms with Crippen molar-refractivity contribution in [3.05, 3.63) is 29.8 Å². The molecule has 114 valence electrons. The van der Waals surface area contributed by atoms with Crippen LogP contribution in [0.15, 0.2) is 24.3 Å². The van der Waals surface area contributed by atoms with Crippen LogP contribution in [0.25, 0.3) is 0 Å². The molecule has 1 heterocycles. The van der Waals surface area contributed by atoms with Crippen LogP contribution in [0.4, 0.5) is 0 Å². The molecule has 2 atom stereocenters. The van der Waals surface area contributed by atoms with E-state index in [2.05, 4.69) is 24.8 Å². The van der Waals surface area contributed by atoms with Gasteiger partial charge in [-0.05, 0) is 61.9 Å². The number of aromatic hydroxyl groups is 1. The number of phenols is 1. The van der Waals surface area contributed by atoms with Crippen molar-refractivity contribution >= 4 is 12.4 Å². The number of phenolic OH excluding ortho intramolecular Hbond substituents is 1. The first-order valence-corrected chi connectivity index (χ1v) is 7.72. The topological polar surface area (TPSA) is 23.5 Å². The van der Waals surface area contributed by atoms with Crippen molar-refractivity contribution in [2.24, 2.45) is 5.92 Å². The summed E-state index contributed by atoms with van der Waals surface area (Å²) in [6, 6.07) is 7.80. The van der Waals surface area contributed by atoms with E-state index < -0.39 is 0 Å². The number of piperidine rings is 1. The Bertz CT molecular complexity index is 390. The van der Waals surface area contributed by atoms with Gasteiger partial charge in [0.1, 0.15) is 5.75 Å². The van der Waals surface area contributed by atoms with Gasteiger partial charge < -0.3 is 10.0 Å². The van der Waals surface area contributed by atoms with Crippen LogP contribution < -0.4 is 0 Å². The third-order valence-corrected chi connectivity index (χ3v) is 4.42. The van der Waals surface area contributed by atoms with E-state index in [1.807, 2.05) is 12.1 Å². The van der Waals surface area contributed by atoms with Gasteiger partial charge in [0, 0.05) is 6.54 Å². The molecule has 1 aliphatic rings. The number of rotatable bonds is 5. The summed E-state index contributed by atoms with van der Waals surface area (Å²) in [6.45, 7) is 8.32. The van der Waals surface area contributed by atoms with E-state index >= 15 is 0 Å². The fraction of sp³-hybridized carbons (Fsp3) is 0.647. The molecule has 1 fully saturated rings. The highest BCUT2D eigenvalue weighted by atomic mass is 35.5. The smallest absolute Gasteiger partial charge is 0.115 e. The van der Waals surface area contributed by atoms with E-state index in [0.29, 0.717) is 17.6 Å². The standard InChI is InChI=1S/C17H27NO.ClH/c1-3-17(15-8-7-9-16(19)12-15)14(2)13-18-10-5-4-6-11-18;/h7-9,12,14,17,19H,3-6,10-11,13H2,1-2H3;1H/t14-,17+;/m0./s1. The number of halogens is 1. The van der Waals surface area contributed by atoms with Crippen LogP contribution in [0.1, 0.15) is 51.0 Å². The predicted octanol–water partition coefficient (Wildman–Crippen LogP) is 4.43. The summed E-state index contributed by atoms with van der Waals surface area (Å²) < 4.78 is 0. The zero-order chi connectivity index (χ0) is 13.7. The molecule has 0 bridgehead atoms. The molecular formula is C17H28ClNO. The number of likely N-dealkylation sites (tertiary alicyclic amines) is 1. The Hall–Kier alpha value is -0.730. The van der Waals surface area contributed by atoms with Gasteiger partial charge in [0.25, 0.3) is 0 Å². The van der Waals surface area contributed by atoms with Crippen LogP contribution in [-0.2, 0) is 0 Å². The first-order chi connectivity index (χ1) is 9.20. The molecule has 0 spiro atoms. The van der Waals surface area contributed by atoms with Gasteiger partial charge in [-0.15, -0.1) is 12.4 Å². The highest BCUT2D eigenvalue weighted by Crippen LogP contribution is 2.30. The van der Waals surface area contributed by atoms with Crippen LogP contribution in [-0.4, -0.2) is 29.6 Å². The Kier molecular flexibility index (Phi) is 7.39. The molecule has 0 unspecified atom stereocenters. The van der Waals surface area contributed by atoms with Crippen LogP contribution in [0, 0.1) is 5.92 Å². The summed E-state index contributed by atoms with van der Waals surface area (Å²) in [5.41, 5.74) is 1.28. The lowest BCUT2D eigenvalue weighted by Gasteiger charge is -2.32.